The largest absolute Gasteiger partial charge is 0.374 e. The van der Waals surface area contributed by atoms with Crippen LogP contribution in [0.15, 0.2) is 0 Å². The van der Waals surface area contributed by atoms with Gasteiger partial charge in [0.25, 0.3) is 5.91 Å². The van der Waals surface area contributed by atoms with Crippen LogP contribution >= 0.6 is 11.3 Å². The zero-order valence-electron chi connectivity index (χ0n) is 11.8. The van der Waals surface area contributed by atoms with E-state index in [0.29, 0.717) is 10.1 Å². The molecule has 0 aromatic carbocycles. The second-order valence-corrected chi connectivity index (χ2v) is 6.25. The normalized spacial score (nSPS) is 18.5. The van der Waals surface area contributed by atoms with Crippen LogP contribution in [0.25, 0.3) is 0 Å². The van der Waals surface area contributed by atoms with Crippen LogP contribution in [0.5, 0.6) is 0 Å². The quantitative estimate of drug-likeness (QED) is 0.650. The summed E-state index contributed by atoms with van der Waals surface area (Å²) in [5.74, 6) is -0.895. The molecule has 2 heterocycles. The lowest BCUT2D eigenvalue weighted by Crippen LogP contribution is -2.43. The molecule has 0 radical (unpaired) electrons. The SMILES string of the molecule is C[C@H](NC(=O)CN1C(=O)NC(C)(C)C1=O)c1nnc(N)s1. The first-order valence-corrected chi connectivity index (χ1v) is 7.04. The maximum atomic E-state index is 12.0. The van der Waals surface area contributed by atoms with Crippen LogP contribution in [-0.4, -0.2) is 45.0 Å². The Kier molecular flexibility index (Phi) is 3.81. The third-order valence-electron chi connectivity index (χ3n) is 2.95. The Morgan fingerprint density at radius 2 is 2.14 bits per heavy atom. The van der Waals surface area contributed by atoms with Crippen molar-refractivity contribution in [2.75, 3.05) is 12.3 Å². The first-order chi connectivity index (χ1) is 9.70. The van der Waals surface area contributed by atoms with Crippen LogP contribution in [-0.2, 0) is 9.59 Å². The number of nitrogens with zero attached hydrogens (tertiary/aromatic N) is 3. The van der Waals surface area contributed by atoms with Gasteiger partial charge >= 0.3 is 6.03 Å². The van der Waals surface area contributed by atoms with Gasteiger partial charge in [0, 0.05) is 0 Å². The summed E-state index contributed by atoms with van der Waals surface area (Å²) in [6.07, 6.45) is 0. The van der Waals surface area contributed by atoms with Gasteiger partial charge in [-0.2, -0.15) is 0 Å². The third kappa shape index (κ3) is 3.10. The van der Waals surface area contributed by atoms with Gasteiger partial charge in [0.05, 0.1) is 6.04 Å². The number of nitrogens with one attached hydrogen (secondary N) is 2. The highest BCUT2D eigenvalue weighted by molar-refractivity contribution is 7.15. The molecule has 1 atom stereocenters. The smallest absolute Gasteiger partial charge is 0.325 e. The van der Waals surface area contributed by atoms with E-state index in [1.54, 1.807) is 20.8 Å². The minimum atomic E-state index is -0.989. The zero-order valence-corrected chi connectivity index (χ0v) is 12.7. The van der Waals surface area contributed by atoms with Gasteiger partial charge in [0.2, 0.25) is 11.0 Å². The van der Waals surface area contributed by atoms with E-state index in [-0.39, 0.29) is 6.54 Å². The second kappa shape index (κ2) is 5.28. The molecule has 4 amide bonds. The van der Waals surface area contributed by atoms with Crippen molar-refractivity contribution in [1.82, 2.24) is 25.7 Å². The predicted octanol–water partition coefficient (Wildman–Crippen LogP) is -0.372. The number of urea groups is 1. The van der Waals surface area contributed by atoms with Crippen molar-refractivity contribution in [2.45, 2.75) is 32.4 Å². The lowest BCUT2D eigenvalue weighted by molar-refractivity contribution is -0.134. The molecule has 1 aliphatic rings. The number of carbonyl (C=O) groups is 3. The van der Waals surface area contributed by atoms with Crippen LogP contribution < -0.4 is 16.4 Å². The summed E-state index contributed by atoms with van der Waals surface area (Å²) in [7, 11) is 0. The number of rotatable bonds is 4. The molecule has 21 heavy (non-hydrogen) atoms. The fraction of sp³-hybridized carbons (Fsp3) is 0.545. The van der Waals surface area contributed by atoms with Crippen molar-refractivity contribution >= 4 is 34.3 Å². The Hall–Kier alpha value is -2.23. The molecule has 10 heteroatoms. The van der Waals surface area contributed by atoms with Crippen molar-refractivity contribution in [2.24, 2.45) is 0 Å². The second-order valence-electron chi connectivity index (χ2n) is 5.21. The molecule has 0 aliphatic carbocycles. The van der Waals surface area contributed by atoms with Crippen LogP contribution in [0.2, 0.25) is 0 Å². The number of imide groups is 1. The molecule has 1 aromatic rings. The number of hydrogen-bond donors (Lipinski definition) is 3. The van der Waals surface area contributed by atoms with E-state index >= 15 is 0 Å². The molecular formula is C11H16N6O3S. The first kappa shape index (κ1) is 15.2. The monoisotopic (exact) mass is 312 g/mol. The highest BCUT2D eigenvalue weighted by Gasteiger charge is 2.44. The van der Waals surface area contributed by atoms with Gasteiger partial charge in [-0.15, -0.1) is 10.2 Å². The van der Waals surface area contributed by atoms with Gasteiger partial charge in [-0.3, -0.25) is 14.5 Å². The molecule has 0 spiro atoms. The third-order valence-corrected chi connectivity index (χ3v) is 3.89. The molecule has 1 aliphatic heterocycles. The maximum Gasteiger partial charge on any atom is 0.325 e. The van der Waals surface area contributed by atoms with Gasteiger partial charge in [-0.25, -0.2) is 4.79 Å². The lowest BCUT2D eigenvalue weighted by atomic mass is 10.1. The standard InChI is InChI=1S/C11H16N6O3S/c1-5(7-15-16-9(12)21-7)13-6(18)4-17-8(19)11(2,3)14-10(17)20/h5H,4H2,1-3H3,(H2,12,16)(H,13,18)(H,14,20)/t5-/m0/s1. The van der Waals surface area contributed by atoms with Crippen molar-refractivity contribution < 1.29 is 14.4 Å². The summed E-state index contributed by atoms with van der Waals surface area (Å²) in [6, 6.07) is -0.978. The average Bonchev–Trinajstić information content (AvgIpc) is 2.87. The van der Waals surface area contributed by atoms with Gasteiger partial charge in [-0.05, 0) is 20.8 Å². The predicted molar refractivity (Wildman–Crippen MR) is 75.2 cm³/mol. The Morgan fingerprint density at radius 3 is 2.62 bits per heavy atom. The fourth-order valence-electron chi connectivity index (χ4n) is 1.88. The molecule has 0 bridgehead atoms. The molecule has 9 nitrogen and oxygen atoms in total. The molecule has 1 fully saturated rings. The Balaban J connectivity index is 1.96. The molecule has 0 saturated carbocycles. The molecule has 1 aromatic heterocycles. The highest BCUT2D eigenvalue weighted by atomic mass is 32.1. The molecule has 114 valence electrons. The van der Waals surface area contributed by atoms with Crippen molar-refractivity contribution in [3.05, 3.63) is 5.01 Å². The summed E-state index contributed by atoms with van der Waals surface area (Å²) in [5, 5.41) is 13.5. The van der Waals surface area contributed by atoms with Gasteiger partial charge in [0.1, 0.15) is 17.1 Å². The average molecular weight is 312 g/mol. The summed E-state index contributed by atoms with van der Waals surface area (Å²) < 4.78 is 0. The van der Waals surface area contributed by atoms with E-state index in [9.17, 15) is 14.4 Å². The maximum absolute atomic E-state index is 12.0. The Labute approximate surface area is 124 Å². The van der Waals surface area contributed by atoms with Crippen LogP contribution in [0.4, 0.5) is 9.93 Å². The number of hydrogen-bond acceptors (Lipinski definition) is 7. The molecular weight excluding hydrogens is 296 g/mol. The minimum absolute atomic E-state index is 0.307. The van der Waals surface area contributed by atoms with Crippen molar-refractivity contribution in [3.8, 4) is 0 Å². The number of nitrogen functional groups attached to an aromatic ring is 1. The fourth-order valence-corrected chi connectivity index (χ4v) is 2.49. The van der Waals surface area contributed by atoms with Gasteiger partial charge in [0.15, 0.2) is 0 Å². The summed E-state index contributed by atoms with van der Waals surface area (Å²) in [5.41, 5.74) is 4.48. The van der Waals surface area contributed by atoms with Crippen molar-refractivity contribution in [1.29, 1.82) is 0 Å². The zero-order chi connectivity index (χ0) is 15.8. The Bertz CT molecular complexity index is 599. The number of amides is 4. The van der Waals surface area contributed by atoms with E-state index in [1.807, 2.05) is 0 Å². The summed E-state index contributed by atoms with van der Waals surface area (Å²) in [6.45, 7) is 4.54. The van der Waals surface area contributed by atoms with E-state index in [0.717, 1.165) is 16.2 Å². The highest BCUT2D eigenvalue weighted by Crippen LogP contribution is 2.19. The molecule has 0 unspecified atom stereocenters. The van der Waals surface area contributed by atoms with Crippen LogP contribution in [0, 0.1) is 0 Å². The number of anilines is 1. The molecule has 4 N–H and O–H groups in total. The van der Waals surface area contributed by atoms with E-state index < -0.39 is 29.4 Å². The van der Waals surface area contributed by atoms with E-state index in [4.69, 9.17) is 5.73 Å². The van der Waals surface area contributed by atoms with Crippen LogP contribution in [0.1, 0.15) is 31.8 Å². The van der Waals surface area contributed by atoms with E-state index in [1.165, 1.54) is 0 Å². The topological polar surface area (TPSA) is 130 Å². The Morgan fingerprint density at radius 1 is 1.48 bits per heavy atom. The number of nitrogens with two attached hydrogens (primary N) is 1. The molecule has 2 rings (SSSR count). The summed E-state index contributed by atoms with van der Waals surface area (Å²) in [4.78, 5) is 36.4. The number of aromatic nitrogens is 2. The summed E-state index contributed by atoms with van der Waals surface area (Å²) >= 11 is 1.16. The minimum Gasteiger partial charge on any atom is -0.374 e. The first-order valence-electron chi connectivity index (χ1n) is 6.23. The number of carbonyl (C=O) groups excluding carboxylic acids is 3. The van der Waals surface area contributed by atoms with Crippen LogP contribution in [0.3, 0.4) is 0 Å². The van der Waals surface area contributed by atoms with E-state index in [2.05, 4.69) is 20.8 Å². The lowest BCUT2D eigenvalue weighted by Gasteiger charge is -2.17. The molecule has 1 saturated heterocycles. The van der Waals surface area contributed by atoms with Gasteiger partial charge < -0.3 is 16.4 Å². The van der Waals surface area contributed by atoms with Crippen molar-refractivity contribution in [3.63, 3.8) is 0 Å². The van der Waals surface area contributed by atoms with Gasteiger partial charge in [-0.1, -0.05) is 11.3 Å².